The highest BCUT2D eigenvalue weighted by atomic mass is 35.5. The standard InChI is InChI=1S/C19H13Cl2N3S/c1-11-6-8-12(9-7-11)13-10-25-18-16(13)17(23-19(21)24-18)22-15-5-3-2-4-14(15)20/h2-10H,1H3,(H,22,23,24). The molecule has 0 unspecified atom stereocenters. The molecule has 0 saturated heterocycles. The van der Waals surface area contributed by atoms with E-state index in [1.54, 1.807) is 11.3 Å². The Hall–Kier alpha value is -2.14. The number of aromatic nitrogens is 2. The van der Waals surface area contributed by atoms with E-state index in [-0.39, 0.29) is 5.28 Å². The highest BCUT2D eigenvalue weighted by Crippen LogP contribution is 2.39. The van der Waals surface area contributed by atoms with Gasteiger partial charge in [0.25, 0.3) is 0 Å². The van der Waals surface area contributed by atoms with E-state index in [0.29, 0.717) is 10.8 Å². The minimum Gasteiger partial charge on any atom is -0.338 e. The Bertz CT molecular complexity index is 1060. The zero-order valence-electron chi connectivity index (χ0n) is 13.3. The summed E-state index contributed by atoms with van der Waals surface area (Å²) in [6, 6.07) is 15.9. The molecule has 0 spiro atoms. The monoisotopic (exact) mass is 385 g/mol. The number of benzene rings is 2. The summed E-state index contributed by atoms with van der Waals surface area (Å²) >= 11 is 13.9. The summed E-state index contributed by atoms with van der Waals surface area (Å²) in [6.45, 7) is 2.07. The summed E-state index contributed by atoms with van der Waals surface area (Å²) < 4.78 is 0. The summed E-state index contributed by atoms with van der Waals surface area (Å²) in [6.07, 6.45) is 0. The van der Waals surface area contributed by atoms with Gasteiger partial charge in [-0.2, -0.15) is 4.98 Å². The predicted molar refractivity (Wildman–Crippen MR) is 107 cm³/mol. The van der Waals surface area contributed by atoms with Crippen molar-refractivity contribution in [3.05, 3.63) is 69.8 Å². The third-order valence-corrected chi connectivity index (χ3v) is 5.27. The van der Waals surface area contributed by atoms with E-state index in [1.165, 1.54) is 5.56 Å². The number of fused-ring (bicyclic) bond motifs is 1. The molecule has 0 aliphatic carbocycles. The average Bonchev–Trinajstić information content (AvgIpc) is 3.01. The lowest BCUT2D eigenvalue weighted by Gasteiger charge is -2.10. The minimum atomic E-state index is 0.208. The van der Waals surface area contributed by atoms with Crippen LogP contribution in [0, 0.1) is 6.92 Å². The molecule has 25 heavy (non-hydrogen) atoms. The molecule has 0 radical (unpaired) electrons. The number of rotatable bonds is 3. The highest BCUT2D eigenvalue weighted by molar-refractivity contribution is 7.17. The van der Waals surface area contributed by atoms with Gasteiger partial charge in [-0.15, -0.1) is 11.3 Å². The molecule has 0 bridgehead atoms. The Kier molecular flexibility index (Phi) is 4.34. The van der Waals surface area contributed by atoms with E-state index >= 15 is 0 Å². The molecule has 6 heteroatoms. The van der Waals surface area contributed by atoms with Gasteiger partial charge in [-0.05, 0) is 36.2 Å². The molecule has 4 aromatic rings. The maximum atomic E-state index is 6.28. The summed E-state index contributed by atoms with van der Waals surface area (Å²) in [5.41, 5.74) is 4.19. The topological polar surface area (TPSA) is 37.8 Å². The first-order valence-electron chi connectivity index (χ1n) is 7.65. The van der Waals surface area contributed by atoms with Crippen molar-refractivity contribution in [3.8, 4) is 11.1 Å². The smallest absolute Gasteiger partial charge is 0.225 e. The van der Waals surface area contributed by atoms with Gasteiger partial charge in [0.05, 0.1) is 16.1 Å². The second-order valence-electron chi connectivity index (χ2n) is 5.64. The van der Waals surface area contributed by atoms with Crippen LogP contribution in [0.3, 0.4) is 0 Å². The molecule has 1 N–H and O–H groups in total. The predicted octanol–water partition coefficient (Wildman–Crippen LogP) is 6.72. The quantitative estimate of drug-likeness (QED) is 0.397. The molecule has 3 nitrogen and oxygen atoms in total. The second kappa shape index (κ2) is 6.64. The van der Waals surface area contributed by atoms with Crippen LogP contribution in [-0.2, 0) is 0 Å². The molecular formula is C19H13Cl2N3S. The number of para-hydroxylation sites is 1. The van der Waals surface area contributed by atoms with Crippen LogP contribution in [0.5, 0.6) is 0 Å². The Balaban J connectivity index is 1.89. The van der Waals surface area contributed by atoms with Crippen molar-refractivity contribution in [2.75, 3.05) is 5.32 Å². The minimum absolute atomic E-state index is 0.208. The van der Waals surface area contributed by atoms with Crippen molar-refractivity contribution in [2.45, 2.75) is 6.92 Å². The zero-order chi connectivity index (χ0) is 17.4. The molecule has 2 heterocycles. The second-order valence-corrected chi connectivity index (χ2v) is 7.25. The number of thiophene rings is 1. The zero-order valence-corrected chi connectivity index (χ0v) is 15.6. The van der Waals surface area contributed by atoms with Crippen LogP contribution in [-0.4, -0.2) is 9.97 Å². The van der Waals surface area contributed by atoms with Crippen molar-refractivity contribution in [2.24, 2.45) is 0 Å². The number of anilines is 2. The number of nitrogens with zero attached hydrogens (tertiary/aromatic N) is 2. The molecule has 0 aliphatic rings. The normalized spacial score (nSPS) is 11.0. The third-order valence-electron chi connectivity index (χ3n) is 3.90. The lowest BCUT2D eigenvalue weighted by atomic mass is 10.0. The first-order chi connectivity index (χ1) is 12.1. The summed E-state index contributed by atoms with van der Waals surface area (Å²) in [7, 11) is 0. The van der Waals surface area contributed by atoms with E-state index in [1.807, 2.05) is 24.3 Å². The summed E-state index contributed by atoms with van der Waals surface area (Å²) in [4.78, 5) is 9.61. The fraction of sp³-hybridized carbons (Fsp3) is 0.0526. The maximum absolute atomic E-state index is 6.28. The number of halogens is 2. The fourth-order valence-corrected chi connectivity index (χ4v) is 3.99. The van der Waals surface area contributed by atoms with E-state index in [9.17, 15) is 0 Å². The first-order valence-corrected chi connectivity index (χ1v) is 9.29. The van der Waals surface area contributed by atoms with Crippen LogP contribution >= 0.6 is 34.5 Å². The summed E-state index contributed by atoms with van der Waals surface area (Å²) in [5, 5.41) is 7.16. The summed E-state index contributed by atoms with van der Waals surface area (Å²) in [5.74, 6) is 0.653. The van der Waals surface area contributed by atoms with Gasteiger partial charge >= 0.3 is 0 Å². The van der Waals surface area contributed by atoms with Gasteiger partial charge in [0.15, 0.2) is 0 Å². The van der Waals surface area contributed by atoms with Gasteiger partial charge in [0.2, 0.25) is 5.28 Å². The average molecular weight is 386 g/mol. The van der Waals surface area contributed by atoms with Crippen molar-refractivity contribution >= 4 is 56.3 Å². The first kappa shape index (κ1) is 16.3. The lowest BCUT2D eigenvalue weighted by molar-refractivity contribution is 1.23. The van der Waals surface area contributed by atoms with Crippen molar-refractivity contribution in [1.82, 2.24) is 9.97 Å². The molecular weight excluding hydrogens is 373 g/mol. The Morgan fingerprint density at radius 3 is 2.48 bits per heavy atom. The van der Waals surface area contributed by atoms with Gasteiger partial charge in [0.1, 0.15) is 10.6 Å². The van der Waals surface area contributed by atoms with Crippen LogP contribution in [0.25, 0.3) is 21.3 Å². The molecule has 0 fully saturated rings. The molecule has 0 amide bonds. The van der Waals surface area contributed by atoms with Crippen molar-refractivity contribution in [3.63, 3.8) is 0 Å². The van der Waals surface area contributed by atoms with Gasteiger partial charge in [-0.25, -0.2) is 4.98 Å². The number of nitrogens with one attached hydrogen (secondary N) is 1. The molecule has 124 valence electrons. The Labute approximate surface area is 159 Å². The molecule has 0 atom stereocenters. The molecule has 0 aliphatic heterocycles. The van der Waals surface area contributed by atoms with Gasteiger partial charge in [0, 0.05) is 10.9 Å². The van der Waals surface area contributed by atoms with Gasteiger partial charge in [-0.3, -0.25) is 0 Å². The van der Waals surface area contributed by atoms with Gasteiger partial charge < -0.3 is 5.32 Å². The van der Waals surface area contributed by atoms with Crippen LogP contribution < -0.4 is 5.32 Å². The third kappa shape index (κ3) is 3.21. The number of hydrogen-bond acceptors (Lipinski definition) is 4. The number of aryl methyl sites for hydroxylation is 1. The largest absolute Gasteiger partial charge is 0.338 e. The van der Waals surface area contributed by atoms with Crippen molar-refractivity contribution < 1.29 is 0 Å². The maximum Gasteiger partial charge on any atom is 0.225 e. The molecule has 2 aromatic heterocycles. The fourth-order valence-electron chi connectivity index (χ4n) is 2.64. The van der Waals surface area contributed by atoms with E-state index in [4.69, 9.17) is 23.2 Å². The van der Waals surface area contributed by atoms with E-state index in [2.05, 4.69) is 51.9 Å². The lowest BCUT2D eigenvalue weighted by Crippen LogP contribution is -1.97. The SMILES string of the molecule is Cc1ccc(-c2csc3nc(Cl)nc(Nc4ccccc4Cl)c23)cc1. The van der Waals surface area contributed by atoms with E-state index in [0.717, 1.165) is 27.0 Å². The Morgan fingerprint density at radius 2 is 1.72 bits per heavy atom. The van der Waals surface area contributed by atoms with Gasteiger partial charge in [-0.1, -0.05) is 53.6 Å². The van der Waals surface area contributed by atoms with Crippen LogP contribution in [0.15, 0.2) is 53.9 Å². The molecule has 4 rings (SSSR count). The van der Waals surface area contributed by atoms with Crippen molar-refractivity contribution in [1.29, 1.82) is 0 Å². The number of hydrogen-bond donors (Lipinski definition) is 1. The molecule has 2 aromatic carbocycles. The van der Waals surface area contributed by atoms with E-state index < -0.39 is 0 Å². The van der Waals surface area contributed by atoms with Crippen LogP contribution in [0.2, 0.25) is 10.3 Å². The van der Waals surface area contributed by atoms with Crippen LogP contribution in [0.4, 0.5) is 11.5 Å². The Morgan fingerprint density at radius 1 is 0.960 bits per heavy atom. The molecule has 0 saturated carbocycles. The van der Waals surface area contributed by atoms with Crippen LogP contribution in [0.1, 0.15) is 5.56 Å². The highest BCUT2D eigenvalue weighted by Gasteiger charge is 2.15.